The molecular formula is C22H20BrNO4S. The van der Waals surface area contributed by atoms with E-state index in [1.807, 2.05) is 37.3 Å². The van der Waals surface area contributed by atoms with E-state index in [2.05, 4.69) is 22.5 Å². The van der Waals surface area contributed by atoms with Gasteiger partial charge in [-0.3, -0.25) is 14.5 Å². The van der Waals surface area contributed by atoms with E-state index in [1.165, 1.54) is 11.6 Å². The summed E-state index contributed by atoms with van der Waals surface area (Å²) in [6, 6.07) is 11.7. The first kappa shape index (κ1) is 21.2. The highest BCUT2D eigenvalue weighted by Crippen LogP contribution is 2.39. The first-order valence-corrected chi connectivity index (χ1v) is 10.5. The van der Waals surface area contributed by atoms with Gasteiger partial charge in [-0.1, -0.05) is 35.9 Å². The lowest BCUT2D eigenvalue weighted by Crippen LogP contribution is -2.27. The Labute approximate surface area is 182 Å². The number of ether oxygens (including phenoxy) is 2. The minimum absolute atomic E-state index is 0.195. The van der Waals surface area contributed by atoms with E-state index < -0.39 is 0 Å². The lowest BCUT2D eigenvalue weighted by molar-refractivity contribution is -0.122. The first-order chi connectivity index (χ1) is 13.9. The second kappa shape index (κ2) is 9.33. The molecule has 0 unspecified atom stereocenters. The Bertz CT molecular complexity index is 985. The van der Waals surface area contributed by atoms with Gasteiger partial charge >= 0.3 is 0 Å². The molecule has 1 aliphatic rings. The summed E-state index contributed by atoms with van der Waals surface area (Å²) in [6.45, 7) is 6.21. The minimum atomic E-state index is -0.324. The lowest BCUT2D eigenvalue weighted by Gasteiger charge is -2.14. The van der Waals surface area contributed by atoms with E-state index in [1.54, 1.807) is 19.3 Å². The number of methoxy groups -OCH3 is 1. The number of halogens is 1. The highest BCUT2D eigenvalue weighted by Gasteiger charge is 2.34. The summed E-state index contributed by atoms with van der Waals surface area (Å²) in [5.41, 5.74) is 2.96. The van der Waals surface area contributed by atoms with Crippen molar-refractivity contribution in [2.24, 2.45) is 0 Å². The lowest BCUT2D eigenvalue weighted by atomic mass is 10.1. The van der Waals surface area contributed by atoms with E-state index in [0.29, 0.717) is 27.5 Å². The van der Waals surface area contributed by atoms with Crippen molar-refractivity contribution in [3.05, 3.63) is 75.1 Å². The van der Waals surface area contributed by atoms with Crippen LogP contribution in [-0.2, 0) is 11.4 Å². The van der Waals surface area contributed by atoms with E-state index in [9.17, 15) is 9.59 Å². The number of hydrogen-bond donors (Lipinski definition) is 0. The Kier molecular flexibility index (Phi) is 6.82. The summed E-state index contributed by atoms with van der Waals surface area (Å²) in [6.07, 6.45) is 3.20. The zero-order chi connectivity index (χ0) is 21.0. The number of nitrogens with zero attached hydrogens (tertiary/aromatic N) is 1. The van der Waals surface area contributed by atoms with Crippen LogP contribution in [0.25, 0.3) is 6.08 Å². The number of amides is 2. The molecule has 5 nitrogen and oxygen atoms in total. The molecule has 0 bridgehead atoms. The van der Waals surface area contributed by atoms with Gasteiger partial charge in [0, 0.05) is 6.54 Å². The van der Waals surface area contributed by atoms with Gasteiger partial charge in [-0.2, -0.15) is 0 Å². The summed E-state index contributed by atoms with van der Waals surface area (Å²) in [4.78, 5) is 25.9. The van der Waals surface area contributed by atoms with Crippen LogP contribution < -0.4 is 9.47 Å². The standard InChI is InChI=1S/C22H20BrNO4S/c1-4-9-24-21(25)19(29-22(24)26)12-16-10-17(23)20(18(11-16)27-3)28-13-15-7-5-14(2)6-8-15/h4-8,10-12H,1,9,13H2,2-3H3/b19-12+. The molecule has 29 heavy (non-hydrogen) atoms. The first-order valence-electron chi connectivity index (χ1n) is 8.85. The van der Waals surface area contributed by atoms with Crippen LogP contribution in [0.15, 0.2) is 58.4 Å². The maximum Gasteiger partial charge on any atom is 0.293 e. The molecule has 7 heteroatoms. The van der Waals surface area contributed by atoms with Crippen LogP contribution in [0.5, 0.6) is 11.5 Å². The van der Waals surface area contributed by atoms with Crippen LogP contribution in [0, 0.1) is 6.92 Å². The average molecular weight is 474 g/mol. The zero-order valence-electron chi connectivity index (χ0n) is 16.1. The normalized spacial score (nSPS) is 15.1. The Morgan fingerprint density at radius 3 is 2.59 bits per heavy atom. The average Bonchev–Trinajstić information content (AvgIpc) is 2.96. The van der Waals surface area contributed by atoms with Crippen molar-refractivity contribution < 1.29 is 19.1 Å². The maximum atomic E-state index is 12.4. The van der Waals surface area contributed by atoms with E-state index in [-0.39, 0.29) is 17.7 Å². The van der Waals surface area contributed by atoms with Crippen molar-refractivity contribution in [1.29, 1.82) is 0 Å². The largest absolute Gasteiger partial charge is 0.493 e. The van der Waals surface area contributed by atoms with Gasteiger partial charge in [0.2, 0.25) is 0 Å². The Balaban J connectivity index is 1.83. The van der Waals surface area contributed by atoms with Crippen molar-refractivity contribution in [3.8, 4) is 11.5 Å². The molecule has 0 atom stereocenters. The van der Waals surface area contributed by atoms with E-state index in [0.717, 1.165) is 27.8 Å². The predicted octanol–water partition coefficient (Wildman–Crippen LogP) is 5.57. The summed E-state index contributed by atoms with van der Waals surface area (Å²) in [5.74, 6) is 0.780. The third kappa shape index (κ3) is 4.92. The molecule has 3 rings (SSSR count). The molecule has 0 N–H and O–H groups in total. The topological polar surface area (TPSA) is 55.8 Å². The quantitative estimate of drug-likeness (QED) is 0.388. The van der Waals surface area contributed by atoms with Crippen molar-refractivity contribution in [2.75, 3.05) is 13.7 Å². The Hall–Kier alpha value is -2.51. The summed E-state index contributed by atoms with van der Waals surface area (Å²) < 4.78 is 12.1. The van der Waals surface area contributed by atoms with Gasteiger partial charge in [-0.15, -0.1) is 6.58 Å². The molecule has 150 valence electrons. The molecule has 1 fully saturated rings. The van der Waals surface area contributed by atoms with Crippen LogP contribution in [0.1, 0.15) is 16.7 Å². The molecule has 2 amide bonds. The maximum absolute atomic E-state index is 12.4. The van der Waals surface area contributed by atoms with Crippen LogP contribution in [-0.4, -0.2) is 29.7 Å². The zero-order valence-corrected chi connectivity index (χ0v) is 18.5. The van der Waals surface area contributed by atoms with E-state index >= 15 is 0 Å². The number of thioether (sulfide) groups is 1. The van der Waals surface area contributed by atoms with Crippen LogP contribution in [0.4, 0.5) is 4.79 Å². The third-order valence-electron chi connectivity index (χ3n) is 4.24. The fourth-order valence-corrected chi connectivity index (χ4v) is 4.16. The van der Waals surface area contributed by atoms with Crippen molar-refractivity contribution in [3.63, 3.8) is 0 Å². The smallest absolute Gasteiger partial charge is 0.293 e. The van der Waals surface area contributed by atoms with E-state index in [4.69, 9.17) is 9.47 Å². The predicted molar refractivity (Wildman–Crippen MR) is 119 cm³/mol. The summed E-state index contributed by atoms with van der Waals surface area (Å²) in [5, 5.41) is -0.301. The van der Waals surface area contributed by atoms with Gasteiger partial charge in [0.25, 0.3) is 11.1 Å². The van der Waals surface area contributed by atoms with Gasteiger partial charge in [0.05, 0.1) is 16.5 Å². The van der Waals surface area contributed by atoms with Gasteiger partial charge < -0.3 is 9.47 Å². The molecule has 1 heterocycles. The fraction of sp³-hybridized carbons (Fsp3) is 0.182. The van der Waals surface area contributed by atoms with Gasteiger partial charge in [-0.05, 0) is 64.0 Å². The molecule has 0 aliphatic carbocycles. The van der Waals surface area contributed by atoms with Gasteiger partial charge in [0.1, 0.15) is 6.61 Å². The molecule has 2 aromatic rings. The van der Waals surface area contributed by atoms with Crippen LogP contribution >= 0.6 is 27.7 Å². The highest BCUT2D eigenvalue weighted by atomic mass is 79.9. The molecular weight excluding hydrogens is 454 g/mol. The van der Waals surface area contributed by atoms with Gasteiger partial charge in [0.15, 0.2) is 11.5 Å². The molecule has 2 aromatic carbocycles. The van der Waals surface area contributed by atoms with Crippen molar-refractivity contribution in [1.82, 2.24) is 4.90 Å². The molecule has 0 aromatic heterocycles. The van der Waals surface area contributed by atoms with Crippen LogP contribution in [0.3, 0.4) is 0 Å². The van der Waals surface area contributed by atoms with Gasteiger partial charge in [-0.25, -0.2) is 0 Å². The SMILES string of the molecule is C=CCN1C(=O)S/C(=C/c2cc(Br)c(OCc3ccc(C)cc3)c(OC)c2)C1=O. The summed E-state index contributed by atoms with van der Waals surface area (Å²) >= 11 is 4.43. The third-order valence-corrected chi connectivity index (χ3v) is 5.74. The molecule has 1 saturated heterocycles. The highest BCUT2D eigenvalue weighted by molar-refractivity contribution is 9.10. The molecule has 1 aliphatic heterocycles. The van der Waals surface area contributed by atoms with Crippen molar-refractivity contribution >= 4 is 44.9 Å². The number of rotatable bonds is 7. The fourth-order valence-electron chi connectivity index (χ4n) is 2.74. The number of imide groups is 1. The second-order valence-electron chi connectivity index (χ2n) is 6.39. The molecule has 0 radical (unpaired) electrons. The second-order valence-corrected chi connectivity index (χ2v) is 8.24. The number of hydrogen-bond acceptors (Lipinski definition) is 5. The number of benzene rings is 2. The monoisotopic (exact) mass is 473 g/mol. The number of carbonyl (C=O) groups is 2. The number of aryl methyl sites for hydroxylation is 1. The Morgan fingerprint density at radius 1 is 1.21 bits per heavy atom. The van der Waals surface area contributed by atoms with Crippen LogP contribution in [0.2, 0.25) is 0 Å². The molecule has 0 spiro atoms. The summed E-state index contributed by atoms with van der Waals surface area (Å²) in [7, 11) is 1.56. The molecule has 0 saturated carbocycles. The number of carbonyl (C=O) groups excluding carboxylic acids is 2. The Morgan fingerprint density at radius 2 is 1.93 bits per heavy atom. The minimum Gasteiger partial charge on any atom is -0.493 e. The van der Waals surface area contributed by atoms with Crippen molar-refractivity contribution in [2.45, 2.75) is 13.5 Å².